The minimum Gasteiger partial charge on any atom is -0.0891 e. The molecular formula is C24H37. The Hall–Kier alpha value is -1.22. The highest BCUT2D eigenvalue weighted by atomic mass is 14.0. The van der Waals surface area contributed by atoms with Gasteiger partial charge in [-0.15, -0.1) is 0 Å². The van der Waals surface area contributed by atoms with Gasteiger partial charge in [-0.05, 0) is 49.7 Å². The normalized spacial score (nSPS) is 10.7. The third-order valence-corrected chi connectivity index (χ3v) is 4.86. The summed E-state index contributed by atoms with van der Waals surface area (Å²) in [5.74, 6) is 2.47. The lowest BCUT2D eigenvalue weighted by Crippen LogP contribution is -1.90. The topological polar surface area (TPSA) is 0 Å². The van der Waals surface area contributed by atoms with Crippen molar-refractivity contribution in [2.45, 2.75) is 103 Å². The molecule has 1 aromatic rings. The van der Waals surface area contributed by atoms with Gasteiger partial charge < -0.3 is 0 Å². The van der Waals surface area contributed by atoms with E-state index in [1.165, 1.54) is 94.6 Å². The van der Waals surface area contributed by atoms with Crippen LogP contribution >= 0.6 is 0 Å². The standard InChI is InChI=1S/C24H37/c1-3-5-7-9-11-12-14-16-18-24-21-19-23(20-22-24)17-15-13-10-8-6-4-2/h19-22H,3,5-18H2,1H3. The van der Waals surface area contributed by atoms with Gasteiger partial charge in [0.25, 0.3) is 0 Å². The summed E-state index contributed by atoms with van der Waals surface area (Å²) in [6, 6.07) is 9.32. The first-order chi connectivity index (χ1) is 11.9. The first kappa shape index (κ1) is 20.8. The van der Waals surface area contributed by atoms with E-state index in [1.54, 1.807) is 0 Å². The van der Waals surface area contributed by atoms with Crippen LogP contribution in [-0.2, 0) is 12.8 Å². The number of hydrogen-bond acceptors (Lipinski definition) is 0. The van der Waals surface area contributed by atoms with E-state index in [2.05, 4.69) is 37.1 Å². The van der Waals surface area contributed by atoms with Crippen LogP contribution in [-0.4, -0.2) is 0 Å². The van der Waals surface area contributed by atoms with E-state index in [-0.39, 0.29) is 0 Å². The van der Waals surface area contributed by atoms with Crippen LogP contribution in [0.15, 0.2) is 24.3 Å². The summed E-state index contributed by atoms with van der Waals surface area (Å²) < 4.78 is 0. The largest absolute Gasteiger partial charge is 0.0891 e. The van der Waals surface area contributed by atoms with Crippen molar-refractivity contribution in [1.29, 1.82) is 0 Å². The maximum absolute atomic E-state index is 6.89. The fourth-order valence-corrected chi connectivity index (χ4v) is 3.23. The molecule has 0 atom stereocenters. The highest BCUT2D eigenvalue weighted by Crippen LogP contribution is 2.14. The lowest BCUT2D eigenvalue weighted by Gasteiger charge is -2.05. The Morgan fingerprint density at radius 3 is 1.50 bits per heavy atom. The molecular weight excluding hydrogens is 288 g/mol. The fourth-order valence-electron chi connectivity index (χ4n) is 3.23. The lowest BCUT2D eigenvalue weighted by molar-refractivity contribution is 0.575. The molecule has 0 aromatic heterocycles. The summed E-state index contributed by atoms with van der Waals surface area (Å²) >= 11 is 0. The molecule has 0 N–H and O–H groups in total. The molecule has 0 heterocycles. The molecule has 0 heteroatoms. The van der Waals surface area contributed by atoms with Gasteiger partial charge in [0.15, 0.2) is 0 Å². The molecule has 133 valence electrons. The third kappa shape index (κ3) is 11.3. The van der Waals surface area contributed by atoms with E-state index < -0.39 is 0 Å². The highest BCUT2D eigenvalue weighted by molar-refractivity contribution is 5.22. The van der Waals surface area contributed by atoms with E-state index in [0.717, 1.165) is 12.8 Å². The van der Waals surface area contributed by atoms with Gasteiger partial charge in [-0.3, -0.25) is 0 Å². The van der Waals surface area contributed by atoms with Crippen LogP contribution in [0.2, 0.25) is 0 Å². The molecule has 24 heavy (non-hydrogen) atoms. The third-order valence-electron chi connectivity index (χ3n) is 4.86. The second-order valence-electron chi connectivity index (χ2n) is 7.13. The highest BCUT2D eigenvalue weighted by Gasteiger charge is 1.97. The van der Waals surface area contributed by atoms with Gasteiger partial charge in [0, 0.05) is 6.42 Å². The fraction of sp³-hybridized carbons (Fsp3) is 0.667. The summed E-state index contributed by atoms with van der Waals surface area (Å²) in [5, 5.41) is 0. The van der Waals surface area contributed by atoms with Crippen LogP contribution in [0.4, 0.5) is 0 Å². The maximum Gasteiger partial charge on any atom is 0.00989 e. The molecule has 0 amide bonds. The first-order valence-electron chi connectivity index (χ1n) is 10.3. The van der Waals surface area contributed by atoms with Crippen molar-refractivity contribution in [1.82, 2.24) is 0 Å². The molecule has 0 bridgehead atoms. The Kier molecular flexibility index (Phi) is 13.3. The summed E-state index contributed by atoms with van der Waals surface area (Å²) in [7, 11) is 0. The van der Waals surface area contributed by atoms with Crippen molar-refractivity contribution in [3.8, 4) is 5.92 Å². The number of hydrogen-bond donors (Lipinski definition) is 0. The van der Waals surface area contributed by atoms with Gasteiger partial charge in [-0.25, -0.2) is 0 Å². The van der Waals surface area contributed by atoms with Crippen LogP contribution in [0.3, 0.4) is 0 Å². The lowest BCUT2D eigenvalue weighted by atomic mass is 10.0. The molecule has 1 aromatic carbocycles. The van der Waals surface area contributed by atoms with Crippen LogP contribution in [0.25, 0.3) is 0 Å². The minimum atomic E-state index is 0.827. The molecule has 0 saturated heterocycles. The molecule has 0 aliphatic heterocycles. The molecule has 0 aliphatic rings. The zero-order chi connectivity index (χ0) is 17.3. The molecule has 0 unspecified atom stereocenters. The zero-order valence-electron chi connectivity index (χ0n) is 15.9. The number of aryl methyl sites for hydroxylation is 2. The van der Waals surface area contributed by atoms with Crippen LogP contribution in [0.1, 0.15) is 102 Å². The zero-order valence-corrected chi connectivity index (χ0v) is 15.9. The summed E-state index contributed by atoms with van der Waals surface area (Å²) in [6.45, 7) is 2.28. The molecule has 0 aliphatic carbocycles. The van der Waals surface area contributed by atoms with Gasteiger partial charge in [0.05, 0.1) is 0 Å². The van der Waals surface area contributed by atoms with Gasteiger partial charge >= 0.3 is 0 Å². The Balaban J connectivity index is 2.02. The smallest absolute Gasteiger partial charge is 0.00989 e. The van der Waals surface area contributed by atoms with Crippen LogP contribution in [0, 0.1) is 12.3 Å². The van der Waals surface area contributed by atoms with E-state index in [4.69, 9.17) is 6.42 Å². The molecule has 1 rings (SSSR count). The Morgan fingerprint density at radius 1 is 0.625 bits per heavy atom. The van der Waals surface area contributed by atoms with E-state index in [9.17, 15) is 0 Å². The predicted octanol–water partition coefficient (Wildman–Crippen LogP) is 7.45. The molecule has 0 saturated carbocycles. The van der Waals surface area contributed by atoms with Crippen LogP contribution < -0.4 is 0 Å². The van der Waals surface area contributed by atoms with Crippen molar-refractivity contribution in [3.63, 3.8) is 0 Å². The van der Waals surface area contributed by atoms with Gasteiger partial charge in [-0.2, -0.15) is 0 Å². The van der Waals surface area contributed by atoms with Crippen molar-refractivity contribution in [2.75, 3.05) is 0 Å². The van der Waals surface area contributed by atoms with E-state index >= 15 is 0 Å². The number of benzene rings is 1. The van der Waals surface area contributed by atoms with Crippen molar-refractivity contribution < 1.29 is 0 Å². The molecule has 0 nitrogen and oxygen atoms in total. The summed E-state index contributed by atoms with van der Waals surface area (Å²) in [5.41, 5.74) is 2.99. The summed E-state index contributed by atoms with van der Waals surface area (Å²) in [4.78, 5) is 0. The number of rotatable bonds is 15. The van der Waals surface area contributed by atoms with Crippen molar-refractivity contribution >= 4 is 0 Å². The van der Waals surface area contributed by atoms with Gasteiger partial charge in [-0.1, -0.05) is 94.9 Å². The average molecular weight is 326 g/mol. The van der Waals surface area contributed by atoms with E-state index in [0.29, 0.717) is 0 Å². The van der Waals surface area contributed by atoms with Crippen molar-refractivity contribution in [2.24, 2.45) is 0 Å². The summed E-state index contributed by atoms with van der Waals surface area (Å²) in [6.07, 6.45) is 26.3. The van der Waals surface area contributed by atoms with E-state index in [1.807, 2.05) is 0 Å². The number of unbranched alkanes of at least 4 members (excludes halogenated alkanes) is 11. The Bertz CT molecular complexity index is 420. The Morgan fingerprint density at radius 2 is 1.04 bits per heavy atom. The molecule has 0 spiro atoms. The van der Waals surface area contributed by atoms with Gasteiger partial charge in [0.1, 0.15) is 0 Å². The van der Waals surface area contributed by atoms with Crippen LogP contribution in [0.5, 0.6) is 0 Å². The SMILES string of the molecule is [C]#CCCCCCCc1ccc(CCCCCCCCCC)cc1. The van der Waals surface area contributed by atoms with Crippen molar-refractivity contribution in [3.05, 3.63) is 41.8 Å². The quantitative estimate of drug-likeness (QED) is 0.232. The predicted molar refractivity (Wildman–Crippen MR) is 107 cm³/mol. The molecule has 0 fully saturated rings. The monoisotopic (exact) mass is 325 g/mol. The minimum absolute atomic E-state index is 0.827. The average Bonchev–Trinajstić information content (AvgIpc) is 2.61. The van der Waals surface area contributed by atoms with Gasteiger partial charge in [0.2, 0.25) is 0 Å². The molecule has 1 radical (unpaired) electrons. The Labute approximate surface area is 151 Å². The second kappa shape index (κ2) is 15.3. The maximum atomic E-state index is 6.89. The first-order valence-corrected chi connectivity index (χ1v) is 10.3. The second-order valence-corrected chi connectivity index (χ2v) is 7.13.